The highest BCUT2D eigenvalue weighted by Crippen LogP contribution is 1.90. The molecule has 6 heteroatoms. The third kappa shape index (κ3) is 5.66. The Morgan fingerprint density at radius 3 is 2.58 bits per heavy atom. The summed E-state index contributed by atoms with van der Waals surface area (Å²) >= 11 is 0. The molecule has 6 nitrogen and oxygen atoms in total. The highest BCUT2D eigenvalue weighted by Gasteiger charge is 2.01. The summed E-state index contributed by atoms with van der Waals surface area (Å²) in [6, 6.07) is 5.04. The van der Waals surface area contributed by atoms with E-state index in [-0.39, 0.29) is 11.1 Å². The second-order valence-corrected chi connectivity index (χ2v) is 3.75. The van der Waals surface area contributed by atoms with Crippen molar-refractivity contribution in [2.24, 2.45) is 0 Å². The Labute approximate surface area is 112 Å². The topological polar surface area (TPSA) is 73.5 Å². The van der Waals surface area contributed by atoms with Gasteiger partial charge < -0.3 is 18.8 Å². The van der Waals surface area contributed by atoms with Gasteiger partial charge >= 0.3 is 0 Å². The molecule has 1 rings (SSSR count). The van der Waals surface area contributed by atoms with E-state index in [1.54, 1.807) is 19.4 Å². The van der Waals surface area contributed by atoms with Gasteiger partial charge in [0.15, 0.2) is 0 Å². The summed E-state index contributed by atoms with van der Waals surface area (Å²) in [6.45, 7) is 2.90. The van der Waals surface area contributed by atoms with Crippen LogP contribution in [0.1, 0.15) is 5.56 Å². The van der Waals surface area contributed by atoms with Crippen molar-refractivity contribution in [3.05, 3.63) is 34.2 Å². The summed E-state index contributed by atoms with van der Waals surface area (Å²) in [4.78, 5) is 11.7. The van der Waals surface area contributed by atoms with Crippen molar-refractivity contribution >= 4 is 0 Å². The van der Waals surface area contributed by atoms with Crippen LogP contribution < -0.4 is 5.56 Å². The highest BCUT2D eigenvalue weighted by atomic mass is 16.5. The van der Waals surface area contributed by atoms with Crippen LogP contribution in [0.5, 0.6) is 0 Å². The molecule has 0 aromatic carbocycles. The monoisotopic (exact) mass is 266 g/mol. The van der Waals surface area contributed by atoms with Crippen molar-refractivity contribution in [3.63, 3.8) is 0 Å². The van der Waals surface area contributed by atoms with Gasteiger partial charge in [-0.25, -0.2) is 0 Å². The van der Waals surface area contributed by atoms with Crippen LogP contribution in [0, 0.1) is 11.3 Å². The van der Waals surface area contributed by atoms with Crippen LogP contribution in [0.15, 0.2) is 23.1 Å². The van der Waals surface area contributed by atoms with E-state index in [9.17, 15) is 4.79 Å². The van der Waals surface area contributed by atoms with Crippen LogP contribution in [0.2, 0.25) is 0 Å². The molecule has 0 spiro atoms. The molecule has 0 amide bonds. The molecule has 0 unspecified atom stereocenters. The van der Waals surface area contributed by atoms with Crippen molar-refractivity contribution < 1.29 is 14.2 Å². The molecule has 1 aromatic rings. The first kappa shape index (κ1) is 15.4. The van der Waals surface area contributed by atoms with E-state index in [1.165, 1.54) is 10.6 Å². The highest BCUT2D eigenvalue weighted by molar-refractivity contribution is 5.24. The third-order valence-electron chi connectivity index (χ3n) is 2.42. The largest absolute Gasteiger partial charge is 0.382 e. The van der Waals surface area contributed by atoms with Crippen LogP contribution in [-0.2, 0) is 20.8 Å². The summed E-state index contributed by atoms with van der Waals surface area (Å²) in [5.74, 6) is 0. The molecule has 0 saturated carbocycles. The van der Waals surface area contributed by atoms with Gasteiger partial charge in [0, 0.05) is 19.9 Å². The Morgan fingerprint density at radius 1 is 1.21 bits per heavy atom. The Hall–Kier alpha value is -1.68. The van der Waals surface area contributed by atoms with Gasteiger partial charge in [0.2, 0.25) is 0 Å². The molecular weight excluding hydrogens is 248 g/mol. The summed E-state index contributed by atoms with van der Waals surface area (Å²) in [7, 11) is 1.62. The third-order valence-corrected chi connectivity index (χ3v) is 2.42. The first-order chi connectivity index (χ1) is 9.29. The zero-order chi connectivity index (χ0) is 13.9. The fourth-order valence-electron chi connectivity index (χ4n) is 1.43. The lowest BCUT2D eigenvalue weighted by Gasteiger charge is -2.07. The number of pyridine rings is 1. The maximum Gasteiger partial charge on any atom is 0.268 e. The maximum atomic E-state index is 11.7. The van der Waals surface area contributed by atoms with Crippen LogP contribution in [0.4, 0.5) is 0 Å². The van der Waals surface area contributed by atoms with E-state index in [2.05, 4.69) is 0 Å². The van der Waals surface area contributed by atoms with Gasteiger partial charge in [-0.15, -0.1) is 0 Å². The molecule has 0 atom stereocenters. The number of nitrogens with zero attached hydrogens (tertiary/aromatic N) is 2. The van der Waals surface area contributed by atoms with Crippen molar-refractivity contribution in [1.29, 1.82) is 5.26 Å². The predicted octanol–water partition coefficient (Wildman–Crippen LogP) is 0.400. The molecule has 0 aliphatic heterocycles. The molecule has 104 valence electrons. The Bertz CT molecular complexity index is 464. The molecule has 0 radical (unpaired) electrons. The number of rotatable bonds is 9. The van der Waals surface area contributed by atoms with Gasteiger partial charge in [-0.3, -0.25) is 4.79 Å². The summed E-state index contributed by atoms with van der Waals surface area (Å²) in [5, 5.41) is 8.73. The van der Waals surface area contributed by atoms with Gasteiger partial charge in [-0.2, -0.15) is 5.26 Å². The van der Waals surface area contributed by atoms with Gasteiger partial charge in [-0.1, -0.05) is 0 Å². The van der Waals surface area contributed by atoms with E-state index < -0.39 is 0 Å². The smallest absolute Gasteiger partial charge is 0.268 e. The van der Waals surface area contributed by atoms with Crippen molar-refractivity contribution in [3.8, 4) is 6.07 Å². The molecule has 0 fully saturated rings. The first-order valence-electron chi connectivity index (χ1n) is 6.03. The first-order valence-corrected chi connectivity index (χ1v) is 6.03. The van der Waals surface area contributed by atoms with Gasteiger partial charge in [0.05, 0.1) is 33.0 Å². The fourth-order valence-corrected chi connectivity index (χ4v) is 1.43. The second-order valence-electron chi connectivity index (χ2n) is 3.75. The zero-order valence-electron chi connectivity index (χ0n) is 11.0. The SMILES string of the molecule is COCCOCCOCCn1cccc(C#N)c1=O. The maximum absolute atomic E-state index is 11.7. The van der Waals surface area contributed by atoms with Crippen LogP contribution in [0.25, 0.3) is 0 Å². The van der Waals surface area contributed by atoms with Crippen molar-refractivity contribution in [2.75, 3.05) is 40.1 Å². The van der Waals surface area contributed by atoms with Gasteiger partial charge in [0.1, 0.15) is 11.6 Å². The molecule has 0 aliphatic carbocycles. The average Bonchev–Trinajstić information content (AvgIpc) is 2.43. The number of ether oxygens (including phenoxy) is 3. The van der Waals surface area contributed by atoms with E-state index in [0.717, 1.165) is 0 Å². The van der Waals surface area contributed by atoms with Gasteiger partial charge in [-0.05, 0) is 12.1 Å². The Balaban J connectivity index is 2.20. The lowest BCUT2D eigenvalue weighted by molar-refractivity contribution is 0.0229. The summed E-state index contributed by atoms with van der Waals surface area (Å²) in [5.41, 5.74) is -0.143. The minimum absolute atomic E-state index is 0.144. The fraction of sp³-hybridized carbons (Fsp3) is 0.538. The number of aromatic nitrogens is 1. The molecule has 1 aromatic heterocycles. The second kappa shape index (κ2) is 9.28. The van der Waals surface area contributed by atoms with E-state index in [1.807, 2.05) is 6.07 Å². The number of hydrogen-bond donors (Lipinski definition) is 0. The summed E-state index contributed by atoms with van der Waals surface area (Å²) in [6.07, 6.45) is 1.64. The van der Waals surface area contributed by atoms with Crippen molar-refractivity contribution in [1.82, 2.24) is 4.57 Å². The summed E-state index contributed by atoms with van der Waals surface area (Å²) < 4.78 is 16.9. The minimum atomic E-state index is -0.287. The minimum Gasteiger partial charge on any atom is -0.382 e. The quantitative estimate of drug-likeness (QED) is 0.605. The molecule has 0 aliphatic rings. The number of methoxy groups -OCH3 is 1. The molecule has 19 heavy (non-hydrogen) atoms. The van der Waals surface area contributed by atoms with Crippen LogP contribution >= 0.6 is 0 Å². The molecular formula is C13H18N2O4. The molecule has 0 N–H and O–H groups in total. The zero-order valence-corrected chi connectivity index (χ0v) is 11.0. The molecule has 0 saturated heterocycles. The van der Waals surface area contributed by atoms with E-state index >= 15 is 0 Å². The Kier molecular flexibility index (Phi) is 7.51. The van der Waals surface area contributed by atoms with Crippen LogP contribution in [0.3, 0.4) is 0 Å². The lowest BCUT2D eigenvalue weighted by atomic mass is 10.3. The number of nitriles is 1. The number of hydrogen-bond acceptors (Lipinski definition) is 5. The average molecular weight is 266 g/mol. The van der Waals surface area contributed by atoms with Gasteiger partial charge in [0.25, 0.3) is 5.56 Å². The van der Waals surface area contributed by atoms with Crippen LogP contribution in [-0.4, -0.2) is 44.7 Å². The standard InChI is InChI=1S/C13H18N2O4/c1-17-7-8-19-10-9-18-6-5-15-4-2-3-12(11-14)13(15)16/h2-4H,5-10H2,1H3. The Morgan fingerprint density at radius 2 is 1.89 bits per heavy atom. The van der Waals surface area contributed by atoms with E-state index in [4.69, 9.17) is 19.5 Å². The lowest BCUT2D eigenvalue weighted by Crippen LogP contribution is -2.24. The molecule has 0 bridgehead atoms. The normalized spacial score (nSPS) is 10.3. The van der Waals surface area contributed by atoms with Crippen molar-refractivity contribution in [2.45, 2.75) is 6.54 Å². The van der Waals surface area contributed by atoms with E-state index in [0.29, 0.717) is 39.6 Å². The molecule has 1 heterocycles. The predicted molar refractivity (Wildman–Crippen MR) is 68.9 cm³/mol.